The molecule has 1 aliphatic carbocycles. The Bertz CT molecular complexity index is 700. The van der Waals surface area contributed by atoms with Crippen LogP contribution in [-0.2, 0) is 9.53 Å². The fraction of sp³-hybridized carbons (Fsp3) is 0.524. The van der Waals surface area contributed by atoms with Crippen molar-refractivity contribution in [1.29, 1.82) is 0 Å². The SMILES string of the molecule is C=C(C)C(=O)Oc1ccccc1C(=O)OC1CC(C)C(C)(C)C1(C)C. The molecule has 0 spiro atoms. The largest absolute Gasteiger partial charge is 0.458 e. The van der Waals surface area contributed by atoms with Crippen LogP contribution in [0.2, 0.25) is 0 Å². The van der Waals surface area contributed by atoms with Gasteiger partial charge in [0.25, 0.3) is 0 Å². The number of carbonyl (C=O) groups excluding carboxylic acids is 2. The van der Waals surface area contributed by atoms with E-state index in [1.807, 2.05) is 0 Å². The standard InChI is InChI=1S/C21H28O4/c1-13(2)18(22)24-16-11-9-8-10-15(16)19(23)25-17-12-14(3)20(4,5)21(17,6)7/h8-11,14,17H,1,12H2,2-7H3. The van der Waals surface area contributed by atoms with E-state index in [4.69, 9.17) is 9.47 Å². The van der Waals surface area contributed by atoms with Gasteiger partial charge in [-0.1, -0.05) is 53.3 Å². The summed E-state index contributed by atoms with van der Waals surface area (Å²) in [5, 5.41) is 0. The quantitative estimate of drug-likeness (QED) is 0.448. The normalized spacial score (nSPS) is 23.8. The molecular formula is C21H28O4. The fourth-order valence-corrected chi connectivity index (χ4v) is 3.26. The minimum Gasteiger partial charge on any atom is -0.458 e. The minimum absolute atomic E-state index is 0.0594. The lowest BCUT2D eigenvalue weighted by atomic mass is 9.67. The van der Waals surface area contributed by atoms with Crippen molar-refractivity contribution in [3.05, 3.63) is 42.0 Å². The predicted octanol–water partition coefficient (Wildman–Crippen LogP) is 4.79. The highest BCUT2D eigenvalue weighted by molar-refractivity contribution is 5.95. The van der Waals surface area contributed by atoms with Crippen molar-refractivity contribution in [1.82, 2.24) is 0 Å². The van der Waals surface area contributed by atoms with Gasteiger partial charge in [-0.25, -0.2) is 9.59 Å². The molecule has 1 fully saturated rings. The molecule has 0 amide bonds. The van der Waals surface area contributed by atoms with Crippen LogP contribution in [0, 0.1) is 16.7 Å². The molecule has 25 heavy (non-hydrogen) atoms. The Morgan fingerprint density at radius 1 is 1.12 bits per heavy atom. The van der Waals surface area contributed by atoms with Crippen molar-refractivity contribution in [2.45, 2.75) is 54.1 Å². The van der Waals surface area contributed by atoms with Crippen molar-refractivity contribution >= 4 is 11.9 Å². The molecule has 136 valence electrons. The number of rotatable bonds is 4. The van der Waals surface area contributed by atoms with Crippen molar-refractivity contribution < 1.29 is 19.1 Å². The summed E-state index contributed by atoms with van der Waals surface area (Å²) in [7, 11) is 0. The molecule has 0 aliphatic heterocycles. The highest BCUT2D eigenvalue weighted by Gasteiger charge is 2.54. The molecule has 1 aromatic rings. The van der Waals surface area contributed by atoms with Gasteiger partial charge >= 0.3 is 11.9 Å². The zero-order chi connectivity index (χ0) is 19.0. The molecule has 2 rings (SSSR count). The van der Waals surface area contributed by atoms with Crippen molar-refractivity contribution in [3.63, 3.8) is 0 Å². The molecular weight excluding hydrogens is 316 g/mol. The summed E-state index contributed by atoms with van der Waals surface area (Å²) in [4.78, 5) is 24.5. The number of esters is 2. The van der Waals surface area contributed by atoms with Crippen LogP contribution >= 0.6 is 0 Å². The summed E-state index contributed by atoms with van der Waals surface area (Å²) >= 11 is 0. The summed E-state index contributed by atoms with van der Waals surface area (Å²) in [6.45, 7) is 16.0. The Labute approximate surface area is 150 Å². The molecule has 1 saturated carbocycles. The molecule has 2 atom stereocenters. The molecule has 0 aromatic heterocycles. The zero-order valence-electron chi connectivity index (χ0n) is 16.0. The van der Waals surface area contributed by atoms with Crippen LogP contribution in [0.3, 0.4) is 0 Å². The second-order valence-electron chi connectivity index (χ2n) is 8.14. The maximum absolute atomic E-state index is 12.7. The molecule has 1 aliphatic rings. The van der Waals surface area contributed by atoms with Gasteiger partial charge in [-0.2, -0.15) is 0 Å². The van der Waals surface area contributed by atoms with Gasteiger partial charge in [0.05, 0.1) is 0 Å². The van der Waals surface area contributed by atoms with Gasteiger partial charge < -0.3 is 9.47 Å². The maximum atomic E-state index is 12.7. The third-order valence-electron chi connectivity index (χ3n) is 6.17. The summed E-state index contributed by atoms with van der Waals surface area (Å²) < 4.78 is 11.1. The number of benzene rings is 1. The highest BCUT2D eigenvalue weighted by Crippen LogP contribution is 2.56. The van der Waals surface area contributed by atoms with E-state index in [1.54, 1.807) is 31.2 Å². The Kier molecular flexibility index (Phi) is 5.12. The van der Waals surface area contributed by atoms with Crippen LogP contribution in [0.25, 0.3) is 0 Å². The second-order valence-corrected chi connectivity index (χ2v) is 8.14. The molecule has 0 N–H and O–H groups in total. The van der Waals surface area contributed by atoms with Gasteiger partial charge in [0.1, 0.15) is 17.4 Å². The van der Waals surface area contributed by atoms with E-state index >= 15 is 0 Å². The molecule has 4 heteroatoms. The van der Waals surface area contributed by atoms with Gasteiger partial charge in [-0.05, 0) is 36.8 Å². The lowest BCUT2D eigenvalue weighted by Gasteiger charge is -2.40. The average Bonchev–Trinajstić information content (AvgIpc) is 2.67. The third kappa shape index (κ3) is 3.48. The lowest BCUT2D eigenvalue weighted by Crippen LogP contribution is -2.38. The van der Waals surface area contributed by atoms with Crippen LogP contribution in [0.15, 0.2) is 36.4 Å². The molecule has 1 aromatic carbocycles. The topological polar surface area (TPSA) is 52.6 Å². The van der Waals surface area contributed by atoms with Crippen LogP contribution in [0.4, 0.5) is 0 Å². The summed E-state index contributed by atoms with van der Waals surface area (Å²) in [6, 6.07) is 6.63. The maximum Gasteiger partial charge on any atom is 0.342 e. The highest BCUT2D eigenvalue weighted by atomic mass is 16.6. The van der Waals surface area contributed by atoms with Gasteiger partial charge in [-0.15, -0.1) is 0 Å². The Morgan fingerprint density at radius 2 is 1.72 bits per heavy atom. The average molecular weight is 344 g/mol. The Balaban J connectivity index is 2.23. The molecule has 0 radical (unpaired) electrons. The Morgan fingerprint density at radius 3 is 2.24 bits per heavy atom. The van der Waals surface area contributed by atoms with E-state index in [9.17, 15) is 9.59 Å². The summed E-state index contributed by atoms with van der Waals surface area (Å²) in [6.07, 6.45) is 0.634. The first kappa shape index (κ1) is 19.2. The van der Waals surface area contributed by atoms with E-state index < -0.39 is 11.9 Å². The second kappa shape index (κ2) is 6.66. The first-order chi connectivity index (χ1) is 11.5. The first-order valence-electron chi connectivity index (χ1n) is 8.66. The van der Waals surface area contributed by atoms with Crippen LogP contribution in [0.1, 0.15) is 58.3 Å². The van der Waals surface area contributed by atoms with E-state index in [2.05, 4.69) is 41.2 Å². The smallest absolute Gasteiger partial charge is 0.342 e. The third-order valence-corrected chi connectivity index (χ3v) is 6.17. The molecule has 0 bridgehead atoms. The zero-order valence-corrected chi connectivity index (χ0v) is 16.0. The number of ether oxygens (including phenoxy) is 2. The number of hydrogen-bond acceptors (Lipinski definition) is 4. The van der Waals surface area contributed by atoms with Crippen LogP contribution in [-0.4, -0.2) is 18.0 Å². The van der Waals surface area contributed by atoms with Gasteiger partial charge in [0, 0.05) is 11.0 Å². The predicted molar refractivity (Wildman–Crippen MR) is 97.4 cm³/mol. The first-order valence-corrected chi connectivity index (χ1v) is 8.66. The lowest BCUT2D eigenvalue weighted by molar-refractivity contribution is -0.130. The number of carbonyl (C=O) groups is 2. The van der Waals surface area contributed by atoms with Crippen molar-refractivity contribution in [2.24, 2.45) is 16.7 Å². The minimum atomic E-state index is -0.559. The molecule has 0 saturated heterocycles. The molecule has 2 unspecified atom stereocenters. The van der Waals surface area contributed by atoms with Crippen LogP contribution in [0.5, 0.6) is 5.75 Å². The van der Waals surface area contributed by atoms with Gasteiger partial charge in [0.15, 0.2) is 0 Å². The summed E-state index contributed by atoms with van der Waals surface area (Å²) in [5.74, 6) is -0.385. The van der Waals surface area contributed by atoms with E-state index in [0.717, 1.165) is 6.42 Å². The molecule has 4 nitrogen and oxygen atoms in total. The Hall–Kier alpha value is -2.10. The monoisotopic (exact) mass is 344 g/mol. The van der Waals surface area contributed by atoms with E-state index in [0.29, 0.717) is 5.92 Å². The van der Waals surface area contributed by atoms with E-state index in [1.165, 1.54) is 0 Å². The van der Waals surface area contributed by atoms with E-state index in [-0.39, 0.29) is 33.8 Å². The molecule has 0 heterocycles. The van der Waals surface area contributed by atoms with Crippen molar-refractivity contribution in [3.8, 4) is 5.75 Å². The van der Waals surface area contributed by atoms with Crippen LogP contribution < -0.4 is 4.74 Å². The number of hydrogen-bond donors (Lipinski definition) is 0. The van der Waals surface area contributed by atoms with Gasteiger partial charge in [-0.3, -0.25) is 0 Å². The summed E-state index contributed by atoms with van der Waals surface area (Å²) in [5.41, 5.74) is 0.441. The fourth-order valence-electron chi connectivity index (χ4n) is 3.26. The van der Waals surface area contributed by atoms with Gasteiger partial charge in [0.2, 0.25) is 0 Å². The van der Waals surface area contributed by atoms with Crippen molar-refractivity contribution in [2.75, 3.05) is 0 Å². The number of para-hydroxylation sites is 1.